The quantitative estimate of drug-likeness (QED) is 0.491. The average Bonchev–Trinajstić information content (AvgIpc) is 2.65. The molecule has 0 aliphatic heterocycles. The van der Waals surface area contributed by atoms with E-state index in [9.17, 15) is 0 Å². The van der Waals surface area contributed by atoms with Crippen molar-refractivity contribution in [2.45, 2.75) is 39.5 Å². The van der Waals surface area contributed by atoms with Crippen LogP contribution in [0.1, 0.15) is 31.4 Å². The van der Waals surface area contributed by atoms with Crippen molar-refractivity contribution < 1.29 is 4.74 Å². The van der Waals surface area contributed by atoms with Crippen LogP contribution in [0, 0.1) is 0 Å². The zero-order valence-corrected chi connectivity index (χ0v) is 16.6. The summed E-state index contributed by atoms with van der Waals surface area (Å²) in [6.07, 6.45) is 1.08. The van der Waals surface area contributed by atoms with E-state index in [0.717, 1.165) is 24.3 Å². The van der Waals surface area contributed by atoms with Gasteiger partial charge in [0.2, 0.25) is 0 Å². The highest BCUT2D eigenvalue weighted by Crippen LogP contribution is 2.30. The lowest BCUT2D eigenvalue weighted by molar-refractivity contribution is 0.302. The Bertz CT molecular complexity index is 894. The number of halogens is 2. The van der Waals surface area contributed by atoms with Gasteiger partial charge in [0.25, 0.3) is 0 Å². The SMILES string of the molecule is CC[C@H](C)NCc1c(OCc2ccc(Cl)cc2Cl)ccc2ccccc12. The maximum Gasteiger partial charge on any atom is 0.124 e. The Hall–Kier alpha value is -1.74. The lowest BCUT2D eigenvalue weighted by atomic mass is 10.0. The third-order valence-electron chi connectivity index (χ3n) is 4.64. The number of fused-ring (bicyclic) bond motifs is 1. The van der Waals surface area contributed by atoms with Crippen molar-refractivity contribution in [3.63, 3.8) is 0 Å². The predicted octanol–water partition coefficient (Wildman–Crippen LogP) is 6.61. The number of benzene rings is 3. The molecule has 26 heavy (non-hydrogen) atoms. The van der Waals surface area contributed by atoms with Gasteiger partial charge in [0, 0.05) is 33.8 Å². The first kappa shape index (κ1) is 19.0. The van der Waals surface area contributed by atoms with Crippen molar-refractivity contribution in [1.82, 2.24) is 5.32 Å². The average molecular weight is 388 g/mol. The number of hydrogen-bond donors (Lipinski definition) is 1. The first-order valence-corrected chi connectivity index (χ1v) is 9.64. The van der Waals surface area contributed by atoms with E-state index < -0.39 is 0 Å². The van der Waals surface area contributed by atoms with Gasteiger partial charge in [0.1, 0.15) is 12.4 Å². The Morgan fingerprint density at radius 2 is 1.85 bits per heavy atom. The van der Waals surface area contributed by atoms with E-state index in [1.807, 2.05) is 18.2 Å². The summed E-state index contributed by atoms with van der Waals surface area (Å²) in [5.74, 6) is 0.880. The summed E-state index contributed by atoms with van der Waals surface area (Å²) < 4.78 is 6.15. The Kier molecular flexibility index (Phi) is 6.42. The van der Waals surface area contributed by atoms with Crippen molar-refractivity contribution in [2.75, 3.05) is 0 Å². The van der Waals surface area contributed by atoms with Crippen LogP contribution in [0.4, 0.5) is 0 Å². The molecule has 0 saturated carbocycles. The molecular weight excluding hydrogens is 365 g/mol. The summed E-state index contributed by atoms with van der Waals surface area (Å²) >= 11 is 12.3. The first-order chi connectivity index (χ1) is 12.6. The smallest absolute Gasteiger partial charge is 0.124 e. The summed E-state index contributed by atoms with van der Waals surface area (Å²) in [6.45, 7) is 5.55. The van der Waals surface area contributed by atoms with E-state index in [1.54, 1.807) is 6.07 Å². The topological polar surface area (TPSA) is 21.3 Å². The van der Waals surface area contributed by atoms with Crippen LogP contribution < -0.4 is 10.1 Å². The summed E-state index contributed by atoms with van der Waals surface area (Å²) in [6, 6.07) is 18.5. The van der Waals surface area contributed by atoms with Gasteiger partial charge in [-0.3, -0.25) is 0 Å². The van der Waals surface area contributed by atoms with Crippen molar-refractivity contribution in [2.24, 2.45) is 0 Å². The Balaban J connectivity index is 1.88. The molecule has 0 amide bonds. The highest BCUT2D eigenvalue weighted by atomic mass is 35.5. The van der Waals surface area contributed by atoms with Crippen LogP contribution in [0.5, 0.6) is 5.75 Å². The first-order valence-electron chi connectivity index (χ1n) is 8.89. The Morgan fingerprint density at radius 1 is 1.04 bits per heavy atom. The zero-order chi connectivity index (χ0) is 18.5. The lowest BCUT2D eigenvalue weighted by Gasteiger charge is -2.17. The van der Waals surface area contributed by atoms with Crippen molar-refractivity contribution in [1.29, 1.82) is 0 Å². The highest BCUT2D eigenvalue weighted by molar-refractivity contribution is 6.35. The van der Waals surface area contributed by atoms with Crippen LogP contribution >= 0.6 is 23.2 Å². The molecule has 0 saturated heterocycles. The third kappa shape index (κ3) is 4.50. The van der Waals surface area contributed by atoms with Crippen LogP contribution in [-0.4, -0.2) is 6.04 Å². The van der Waals surface area contributed by atoms with Gasteiger partial charge in [-0.15, -0.1) is 0 Å². The highest BCUT2D eigenvalue weighted by Gasteiger charge is 2.11. The van der Waals surface area contributed by atoms with Crippen LogP contribution in [0.15, 0.2) is 54.6 Å². The maximum absolute atomic E-state index is 6.28. The lowest BCUT2D eigenvalue weighted by Crippen LogP contribution is -2.24. The number of ether oxygens (including phenoxy) is 1. The Labute approximate surface area is 165 Å². The maximum atomic E-state index is 6.28. The largest absolute Gasteiger partial charge is 0.488 e. The molecule has 0 aliphatic rings. The molecule has 0 radical (unpaired) electrons. The normalized spacial score (nSPS) is 12.3. The summed E-state index contributed by atoms with van der Waals surface area (Å²) in [5.41, 5.74) is 2.10. The van der Waals surface area contributed by atoms with Gasteiger partial charge in [-0.2, -0.15) is 0 Å². The molecule has 3 rings (SSSR count). The minimum absolute atomic E-state index is 0.407. The van der Waals surface area contributed by atoms with Gasteiger partial charge in [-0.05, 0) is 42.3 Å². The van der Waals surface area contributed by atoms with Gasteiger partial charge in [-0.1, -0.05) is 66.5 Å². The van der Waals surface area contributed by atoms with Gasteiger partial charge in [0.15, 0.2) is 0 Å². The standard InChI is InChI=1S/C22H23Cl2NO/c1-3-15(2)25-13-20-19-7-5-4-6-16(19)9-11-22(20)26-14-17-8-10-18(23)12-21(17)24/h4-12,15,25H,3,13-14H2,1-2H3/t15-/m0/s1. The summed E-state index contributed by atoms with van der Waals surface area (Å²) in [4.78, 5) is 0. The number of hydrogen-bond acceptors (Lipinski definition) is 2. The van der Waals surface area contributed by atoms with E-state index in [-0.39, 0.29) is 0 Å². The molecule has 1 atom stereocenters. The number of nitrogens with one attached hydrogen (secondary N) is 1. The monoisotopic (exact) mass is 387 g/mol. The van der Waals surface area contributed by atoms with Crippen molar-refractivity contribution >= 4 is 34.0 Å². The molecule has 0 spiro atoms. The second-order valence-corrected chi connectivity index (χ2v) is 7.32. The molecule has 4 heteroatoms. The van der Waals surface area contributed by atoms with E-state index >= 15 is 0 Å². The molecule has 0 aliphatic carbocycles. The molecular formula is C22H23Cl2NO. The van der Waals surface area contributed by atoms with E-state index in [4.69, 9.17) is 27.9 Å². The summed E-state index contributed by atoms with van der Waals surface area (Å²) in [7, 11) is 0. The molecule has 0 unspecified atom stereocenters. The van der Waals surface area contributed by atoms with Gasteiger partial charge in [-0.25, -0.2) is 0 Å². The minimum atomic E-state index is 0.407. The van der Waals surface area contributed by atoms with Crippen molar-refractivity contribution in [3.05, 3.63) is 75.8 Å². The van der Waals surface area contributed by atoms with E-state index in [1.165, 1.54) is 16.3 Å². The van der Waals surface area contributed by atoms with Crippen LogP contribution in [-0.2, 0) is 13.2 Å². The Morgan fingerprint density at radius 3 is 2.62 bits per heavy atom. The molecule has 0 aromatic heterocycles. The van der Waals surface area contributed by atoms with Crippen LogP contribution in [0.2, 0.25) is 10.0 Å². The van der Waals surface area contributed by atoms with E-state index in [0.29, 0.717) is 22.7 Å². The predicted molar refractivity (Wildman–Crippen MR) is 111 cm³/mol. The molecule has 0 heterocycles. The van der Waals surface area contributed by atoms with E-state index in [2.05, 4.69) is 49.5 Å². The van der Waals surface area contributed by atoms with Crippen LogP contribution in [0.25, 0.3) is 10.8 Å². The van der Waals surface area contributed by atoms with Crippen molar-refractivity contribution in [3.8, 4) is 5.75 Å². The molecule has 0 bridgehead atoms. The molecule has 3 aromatic rings. The fraction of sp³-hybridized carbons (Fsp3) is 0.273. The number of rotatable bonds is 7. The second kappa shape index (κ2) is 8.77. The fourth-order valence-electron chi connectivity index (χ4n) is 2.85. The minimum Gasteiger partial charge on any atom is -0.488 e. The van der Waals surface area contributed by atoms with Gasteiger partial charge < -0.3 is 10.1 Å². The second-order valence-electron chi connectivity index (χ2n) is 6.48. The third-order valence-corrected chi connectivity index (χ3v) is 5.22. The fourth-order valence-corrected chi connectivity index (χ4v) is 3.31. The molecule has 0 fully saturated rings. The molecule has 3 aromatic carbocycles. The van der Waals surface area contributed by atoms with Crippen LogP contribution in [0.3, 0.4) is 0 Å². The van der Waals surface area contributed by atoms with Gasteiger partial charge >= 0.3 is 0 Å². The summed E-state index contributed by atoms with van der Waals surface area (Å²) in [5, 5.41) is 7.25. The van der Waals surface area contributed by atoms with Gasteiger partial charge in [0.05, 0.1) is 0 Å². The zero-order valence-electron chi connectivity index (χ0n) is 15.1. The molecule has 1 N–H and O–H groups in total. The molecule has 136 valence electrons. The molecule has 2 nitrogen and oxygen atoms in total.